The van der Waals surface area contributed by atoms with Crippen LogP contribution in [0.1, 0.15) is 113 Å². The number of piperidine rings is 2. The summed E-state index contributed by atoms with van der Waals surface area (Å²) in [7, 11) is 1.43. The number of nitrogens with zero attached hydrogens (tertiary/aromatic N) is 4. The molecular weight excluding hydrogens is 894 g/mol. The Hall–Kier alpha value is -6.23. The third-order valence-electron chi connectivity index (χ3n) is 14.2. The Kier molecular flexibility index (Phi) is 11.5. The van der Waals surface area contributed by atoms with E-state index < -0.39 is 64.4 Å². The quantitative estimate of drug-likeness (QED) is 0.121. The number of rotatable bonds is 8. The van der Waals surface area contributed by atoms with Crippen molar-refractivity contribution in [2.75, 3.05) is 37.0 Å². The first-order valence-electron chi connectivity index (χ1n) is 22.3. The molecule has 5 aliphatic rings. The summed E-state index contributed by atoms with van der Waals surface area (Å²) < 4.78 is 64.7. The number of nitrogens with two attached hydrogens (primary N) is 1. The standard InChI is InChI=1S/C49H50ClF4N7O6/c1-47(2,3)20-38-48(24-57-33-19-37(49(52,53)54)56-21-31(33)48)40(30-8-5-9-32(50)41(30)51)42(43(55)63)61(38)34-13-11-26(18-36(34)67-4)45(65)59-16-6-7-27(22-59)25-10-12-29-28(17-25)23-60(46(29)66)35-14-15-39(62)58-44(35)64/h5,8-13,17-19,21,27,35,38,40,42,57H,6-7,14-16,20,22-24H2,1-4H3,(H2,55,63)(H,58,62,64)/t27-,35?,38-,40-,42+,48-/m0/s1. The van der Waals surface area contributed by atoms with E-state index in [1.54, 1.807) is 40.1 Å². The number of benzene rings is 3. The fourth-order valence-corrected chi connectivity index (χ4v) is 11.5. The van der Waals surface area contributed by atoms with Crippen molar-refractivity contribution < 1.29 is 46.3 Å². The number of nitrogens with one attached hydrogen (secondary N) is 2. The number of halogens is 5. The van der Waals surface area contributed by atoms with Crippen molar-refractivity contribution in [2.45, 2.75) is 101 Å². The molecular formula is C49H50ClF4N7O6. The molecule has 67 heavy (non-hydrogen) atoms. The number of hydrogen-bond donors (Lipinski definition) is 3. The second-order valence-electron chi connectivity index (χ2n) is 19.5. The molecule has 1 unspecified atom stereocenters. The summed E-state index contributed by atoms with van der Waals surface area (Å²) in [6.45, 7) is 7.05. The van der Waals surface area contributed by atoms with E-state index in [-0.39, 0.29) is 71.6 Å². The van der Waals surface area contributed by atoms with Crippen LogP contribution in [0.4, 0.5) is 28.9 Å². The van der Waals surface area contributed by atoms with Crippen molar-refractivity contribution in [3.8, 4) is 5.75 Å². The van der Waals surface area contributed by atoms with Crippen LogP contribution in [-0.4, -0.2) is 89.2 Å². The average Bonchev–Trinajstić information content (AvgIpc) is 3.92. The maximum Gasteiger partial charge on any atom is 0.433 e. The zero-order valence-corrected chi connectivity index (χ0v) is 38.1. The van der Waals surface area contributed by atoms with Gasteiger partial charge >= 0.3 is 6.18 Å². The van der Waals surface area contributed by atoms with Crippen LogP contribution in [0, 0.1) is 11.2 Å². The summed E-state index contributed by atoms with van der Waals surface area (Å²) in [5, 5.41) is 5.29. The molecule has 0 aliphatic carbocycles. The molecule has 4 aromatic rings. The molecule has 3 fully saturated rings. The van der Waals surface area contributed by atoms with Crippen LogP contribution in [0.25, 0.3) is 0 Å². The van der Waals surface area contributed by atoms with Gasteiger partial charge in [-0.05, 0) is 84.2 Å². The molecule has 13 nitrogen and oxygen atoms in total. The topological polar surface area (TPSA) is 167 Å². The van der Waals surface area contributed by atoms with Gasteiger partial charge in [0.1, 0.15) is 29.3 Å². The van der Waals surface area contributed by atoms with Crippen molar-refractivity contribution in [3.63, 3.8) is 0 Å². The lowest BCUT2D eigenvalue weighted by Crippen LogP contribution is -2.52. The number of carbonyl (C=O) groups excluding carboxylic acids is 5. The third kappa shape index (κ3) is 7.91. The molecule has 3 aromatic carbocycles. The normalized spacial score (nSPS) is 25.0. The van der Waals surface area contributed by atoms with Gasteiger partial charge in [0.05, 0.1) is 17.8 Å². The molecule has 3 saturated heterocycles. The molecule has 5 aliphatic heterocycles. The highest BCUT2D eigenvalue weighted by molar-refractivity contribution is 6.30. The molecule has 1 spiro atoms. The highest BCUT2D eigenvalue weighted by Crippen LogP contribution is 2.61. The highest BCUT2D eigenvalue weighted by Gasteiger charge is 2.66. The number of carbonyl (C=O) groups is 5. The molecule has 352 valence electrons. The van der Waals surface area contributed by atoms with Crippen LogP contribution in [0.15, 0.2) is 66.9 Å². The number of amides is 5. The van der Waals surface area contributed by atoms with Crippen LogP contribution in [-0.2, 0) is 32.5 Å². The lowest BCUT2D eigenvalue weighted by Gasteiger charge is -2.41. The number of hydrogen-bond acceptors (Lipinski definition) is 9. The van der Waals surface area contributed by atoms with Gasteiger partial charge in [-0.25, -0.2) is 4.39 Å². The van der Waals surface area contributed by atoms with Crippen molar-refractivity contribution in [1.29, 1.82) is 0 Å². The fraction of sp³-hybridized carbons (Fsp3) is 0.429. The van der Waals surface area contributed by atoms with Crippen molar-refractivity contribution in [2.24, 2.45) is 11.1 Å². The predicted molar refractivity (Wildman–Crippen MR) is 240 cm³/mol. The molecule has 1 aromatic heterocycles. The Morgan fingerprint density at radius 1 is 1.03 bits per heavy atom. The van der Waals surface area contributed by atoms with Gasteiger partial charge in [0, 0.05) is 84.5 Å². The van der Waals surface area contributed by atoms with E-state index in [0.29, 0.717) is 48.3 Å². The largest absolute Gasteiger partial charge is 0.495 e. The summed E-state index contributed by atoms with van der Waals surface area (Å²) in [6, 6.07) is 13.1. The van der Waals surface area contributed by atoms with Crippen molar-refractivity contribution in [3.05, 3.63) is 117 Å². The predicted octanol–water partition coefficient (Wildman–Crippen LogP) is 7.31. The van der Waals surface area contributed by atoms with E-state index in [4.69, 9.17) is 22.1 Å². The van der Waals surface area contributed by atoms with E-state index in [1.807, 2.05) is 32.9 Å². The summed E-state index contributed by atoms with van der Waals surface area (Å²) in [6.07, 6.45) is -1.35. The van der Waals surface area contributed by atoms with Gasteiger partial charge in [-0.3, -0.25) is 34.3 Å². The summed E-state index contributed by atoms with van der Waals surface area (Å²) >= 11 is 6.40. The molecule has 0 saturated carbocycles. The number of fused-ring (bicyclic) bond motifs is 3. The number of anilines is 2. The van der Waals surface area contributed by atoms with Crippen LogP contribution in [0.3, 0.4) is 0 Å². The van der Waals surface area contributed by atoms with Gasteiger partial charge in [-0.2, -0.15) is 13.2 Å². The minimum absolute atomic E-state index is 0.00337. The lowest BCUT2D eigenvalue weighted by atomic mass is 9.63. The van der Waals surface area contributed by atoms with Gasteiger partial charge in [-0.15, -0.1) is 0 Å². The van der Waals surface area contributed by atoms with Crippen molar-refractivity contribution >= 4 is 52.5 Å². The molecule has 9 rings (SSSR count). The smallest absolute Gasteiger partial charge is 0.433 e. The number of likely N-dealkylation sites (tertiary alicyclic amines) is 1. The van der Waals surface area contributed by atoms with Gasteiger partial charge in [0.15, 0.2) is 0 Å². The third-order valence-corrected chi connectivity index (χ3v) is 14.5. The van der Waals surface area contributed by atoms with Crippen LogP contribution in [0.2, 0.25) is 5.02 Å². The lowest BCUT2D eigenvalue weighted by molar-refractivity contribution is -0.141. The minimum Gasteiger partial charge on any atom is -0.495 e. The molecule has 6 atom stereocenters. The Morgan fingerprint density at radius 3 is 2.51 bits per heavy atom. The second kappa shape index (κ2) is 16.8. The van der Waals surface area contributed by atoms with Gasteiger partial charge < -0.3 is 30.5 Å². The van der Waals surface area contributed by atoms with Crippen LogP contribution < -0.4 is 26.0 Å². The molecule has 5 amide bonds. The Labute approximate surface area is 389 Å². The number of alkyl halides is 3. The molecule has 0 bridgehead atoms. The van der Waals surface area contributed by atoms with Gasteiger partial charge in [0.2, 0.25) is 17.7 Å². The van der Waals surface area contributed by atoms with Gasteiger partial charge in [0.25, 0.3) is 11.8 Å². The second-order valence-corrected chi connectivity index (χ2v) is 19.9. The van der Waals surface area contributed by atoms with Crippen molar-refractivity contribution in [1.82, 2.24) is 20.1 Å². The zero-order chi connectivity index (χ0) is 47.9. The maximum absolute atomic E-state index is 16.5. The molecule has 6 heterocycles. The van der Waals surface area contributed by atoms with E-state index in [1.165, 1.54) is 24.1 Å². The average molecular weight is 944 g/mol. The van der Waals surface area contributed by atoms with Crippen LogP contribution >= 0.6 is 11.6 Å². The molecule has 0 radical (unpaired) electrons. The highest BCUT2D eigenvalue weighted by atomic mass is 35.5. The summed E-state index contributed by atoms with van der Waals surface area (Å²) in [5.41, 5.74) is 6.93. The molecule has 18 heteroatoms. The van der Waals surface area contributed by atoms with E-state index >= 15 is 4.39 Å². The Morgan fingerprint density at radius 2 is 1.81 bits per heavy atom. The SMILES string of the molecule is COc1cc(C(=O)N2CCC[C@H](c3ccc4c(c3)CN(C3CCC(=O)NC3=O)C4=O)C2)ccc1N1[C@@H](CC(C)(C)C)[C@@]2(CNc3cc(C(F)(F)F)ncc32)[C@@H](c2cccc(Cl)c2F)[C@@H]1C(N)=O. The minimum atomic E-state index is -4.75. The first-order valence-corrected chi connectivity index (χ1v) is 22.7. The fourth-order valence-electron chi connectivity index (χ4n) is 11.3. The monoisotopic (exact) mass is 943 g/mol. The van der Waals surface area contributed by atoms with E-state index in [2.05, 4.69) is 15.6 Å². The molecule has 4 N–H and O–H groups in total. The van der Waals surface area contributed by atoms with Gasteiger partial charge in [-0.1, -0.05) is 56.6 Å². The number of imide groups is 1. The first-order chi connectivity index (χ1) is 31.7. The number of pyridine rings is 1. The Bertz CT molecular complexity index is 2730. The number of methoxy groups -OCH3 is 1. The summed E-state index contributed by atoms with van der Waals surface area (Å²) in [5.74, 6) is -3.94. The number of primary amides is 1. The zero-order valence-electron chi connectivity index (χ0n) is 37.3. The van der Waals surface area contributed by atoms with Crippen LogP contribution in [0.5, 0.6) is 5.75 Å². The summed E-state index contributed by atoms with van der Waals surface area (Å²) in [4.78, 5) is 75.3. The van der Waals surface area contributed by atoms with E-state index in [9.17, 15) is 37.1 Å². The Balaban J connectivity index is 1.06. The number of ether oxygens (including phenoxy) is 1. The first kappa shape index (κ1) is 45.9. The van der Waals surface area contributed by atoms with E-state index in [0.717, 1.165) is 29.8 Å². The number of aromatic nitrogens is 1. The maximum atomic E-state index is 16.5.